The van der Waals surface area contributed by atoms with E-state index in [-0.39, 0.29) is 11.9 Å². The molecular formula is C20H26N6O. The van der Waals surface area contributed by atoms with Crippen LogP contribution in [0.3, 0.4) is 0 Å². The Kier molecular flexibility index (Phi) is 5.90. The first kappa shape index (κ1) is 18.7. The molecule has 1 saturated heterocycles. The van der Waals surface area contributed by atoms with Crippen molar-refractivity contribution in [1.29, 1.82) is 0 Å². The minimum atomic E-state index is 0.0196. The highest BCUT2D eigenvalue weighted by Gasteiger charge is 2.31. The number of nitrogens with zero attached hydrogens (tertiary/aromatic N) is 4. The summed E-state index contributed by atoms with van der Waals surface area (Å²) in [7, 11) is 5.68. The molecule has 0 spiro atoms. The van der Waals surface area contributed by atoms with E-state index in [0.29, 0.717) is 25.5 Å². The summed E-state index contributed by atoms with van der Waals surface area (Å²) in [5.41, 5.74) is 2.01. The minimum Gasteiger partial charge on any atom is -0.362 e. The van der Waals surface area contributed by atoms with Gasteiger partial charge in [0.25, 0.3) is 0 Å². The molecule has 1 aliphatic rings. The van der Waals surface area contributed by atoms with Gasteiger partial charge in [-0.05, 0) is 18.2 Å². The number of para-hydroxylation sites is 1. The number of pyridine rings is 1. The SMILES string of the molecule is CN=C(NCc1cccnc1N(C)C)NC1CC(=O)N(c2ccccc2)C1. The van der Waals surface area contributed by atoms with Crippen LogP contribution in [-0.4, -0.2) is 50.6 Å². The number of aliphatic imine (C=N–C) groups is 1. The normalized spacial score (nSPS) is 17.1. The number of carbonyl (C=O) groups excluding carboxylic acids is 1. The van der Waals surface area contributed by atoms with Crippen LogP contribution < -0.4 is 20.4 Å². The molecular weight excluding hydrogens is 340 g/mol. The van der Waals surface area contributed by atoms with E-state index in [1.807, 2.05) is 66.4 Å². The van der Waals surface area contributed by atoms with E-state index in [1.54, 1.807) is 13.2 Å². The molecule has 3 rings (SSSR count). The lowest BCUT2D eigenvalue weighted by Gasteiger charge is -2.20. The molecule has 1 aromatic heterocycles. The van der Waals surface area contributed by atoms with Crippen molar-refractivity contribution in [2.45, 2.75) is 19.0 Å². The molecule has 0 aliphatic carbocycles. The number of guanidine groups is 1. The van der Waals surface area contributed by atoms with Gasteiger partial charge in [0.1, 0.15) is 5.82 Å². The second-order valence-electron chi connectivity index (χ2n) is 6.69. The van der Waals surface area contributed by atoms with Crippen molar-refractivity contribution in [3.8, 4) is 0 Å². The number of anilines is 2. The number of nitrogens with one attached hydrogen (secondary N) is 2. The summed E-state index contributed by atoms with van der Waals surface area (Å²) in [5, 5.41) is 6.68. The van der Waals surface area contributed by atoms with Gasteiger partial charge >= 0.3 is 0 Å². The third-order valence-corrected chi connectivity index (χ3v) is 4.49. The van der Waals surface area contributed by atoms with Gasteiger partial charge in [0, 0.05) is 58.1 Å². The van der Waals surface area contributed by atoms with E-state index in [2.05, 4.69) is 20.6 Å². The quantitative estimate of drug-likeness (QED) is 0.621. The second-order valence-corrected chi connectivity index (χ2v) is 6.69. The Hall–Kier alpha value is -3.09. The smallest absolute Gasteiger partial charge is 0.229 e. The molecule has 2 aromatic rings. The molecule has 7 heteroatoms. The maximum Gasteiger partial charge on any atom is 0.229 e. The fourth-order valence-corrected chi connectivity index (χ4v) is 3.20. The summed E-state index contributed by atoms with van der Waals surface area (Å²) in [4.78, 5) is 24.9. The number of aromatic nitrogens is 1. The summed E-state index contributed by atoms with van der Waals surface area (Å²) >= 11 is 0. The number of hydrogen-bond acceptors (Lipinski definition) is 4. The van der Waals surface area contributed by atoms with E-state index in [4.69, 9.17) is 0 Å². The largest absolute Gasteiger partial charge is 0.362 e. The first-order valence-electron chi connectivity index (χ1n) is 9.02. The topological polar surface area (TPSA) is 72.9 Å². The molecule has 2 heterocycles. The Morgan fingerprint density at radius 1 is 1.26 bits per heavy atom. The van der Waals surface area contributed by atoms with Gasteiger partial charge in [-0.15, -0.1) is 0 Å². The number of rotatable bonds is 5. The van der Waals surface area contributed by atoms with Gasteiger partial charge in [-0.25, -0.2) is 4.98 Å². The van der Waals surface area contributed by atoms with Crippen LogP contribution in [0, 0.1) is 0 Å². The first-order chi connectivity index (χ1) is 13.1. The fraction of sp³-hybridized carbons (Fsp3) is 0.350. The Bertz CT molecular complexity index is 805. The summed E-state index contributed by atoms with van der Waals surface area (Å²) in [6.45, 7) is 1.23. The monoisotopic (exact) mass is 366 g/mol. The first-order valence-corrected chi connectivity index (χ1v) is 9.02. The van der Waals surface area contributed by atoms with Crippen molar-refractivity contribution < 1.29 is 4.79 Å². The summed E-state index contributed by atoms with van der Waals surface area (Å²) < 4.78 is 0. The van der Waals surface area contributed by atoms with Crippen molar-refractivity contribution in [3.05, 3.63) is 54.2 Å². The Morgan fingerprint density at radius 3 is 2.74 bits per heavy atom. The van der Waals surface area contributed by atoms with Gasteiger partial charge in [0.2, 0.25) is 5.91 Å². The van der Waals surface area contributed by atoms with Crippen molar-refractivity contribution in [2.24, 2.45) is 4.99 Å². The van der Waals surface area contributed by atoms with Gasteiger partial charge in [-0.3, -0.25) is 9.79 Å². The molecule has 1 fully saturated rings. The van der Waals surface area contributed by atoms with Crippen LogP contribution in [0.25, 0.3) is 0 Å². The third-order valence-electron chi connectivity index (χ3n) is 4.49. The zero-order valence-electron chi connectivity index (χ0n) is 16.0. The van der Waals surface area contributed by atoms with Crippen LogP contribution >= 0.6 is 0 Å². The van der Waals surface area contributed by atoms with Crippen LogP contribution in [0.2, 0.25) is 0 Å². The lowest BCUT2D eigenvalue weighted by Crippen LogP contribution is -2.44. The molecule has 1 unspecified atom stereocenters. The number of benzene rings is 1. The standard InChI is InChI=1S/C20H26N6O/c1-21-20(23-13-15-8-7-11-22-19(15)25(2)3)24-16-12-18(27)26(14-16)17-9-5-4-6-10-17/h4-11,16H,12-14H2,1-3H3,(H2,21,23,24). The summed E-state index contributed by atoms with van der Waals surface area (Å²) in [6.07, 6.45) is 2.24. The van der Waals surface area contributed by atoms with Gasteiger partial charge in [0.15, 0.2) is 5.96 Å². The van der Waals surface area contributed by atoms with Crippen molar-refractivity contribution in [2.75, 3.05) is 37.5 Å². The average Bonchev–Trinajstić information content (AvgIpc) is 3.06. The van der Waals surface area contributed by atoms with Gasteiger partial charge in [-0.2, -0.15) is 0 Å². The van der Waals surface area contributed by atoms with Crippen LogP contribution in [0.4, 0.5) is 11.5 Å². The lowest BCUT2D eigenvalue weighted by molar-refractivity contribution is -0.117. The number of hydrogen-bond donors (Lipinski definition) is 2. The van der Waals surface area contributed by atoms with E-state index >= 15 is 0 Å². The zero-order chi connectivity index (χ0) is 19.2. The van der Waals surface area contributed by atoms with E-state index in [1.165, 1.54) is 0 Å². The van der Waals surface area contributed by atoms with Crippen molar-refractivity contribution >= 4 is 23.4 Å². The van der Waals surface area contributed by atoms with Crippen molar-refractivity contribution in [3.63, 3.8) is 0 Å². The van der Waals surface area contributed by atoms with Crippen LogP contribution in [0.5, 0.6) is 0 Å². The van der Waals surface area contributed by atoms with Crippen molar-refractivity contribution in [1.82, 2.24) is 15.6 Å². The molecule has 142 valence electrons. The Balaban J connectivity index is 1.59. The Morgan fingerprint density at radius 2 is 2.04 bits per heavy atom. The maximum absolute atomic E-state index is 12.4. The van der Waals surface area contributed by atoms with Gasteiger partial charge < -0.3 is 20.4 Å². The van der Waals surface area contributed by atoms with Gasteiger partial charge in [-0.1, -0.05) is 24.3 Å². The highest BCUT2D eigenvalue weighted by atomic mass is 16.2. The molecule has 1 atom stereocenters. The Labute approximate surface area is 160 Å². The number of amides is 1. The molecule has 0 saturated carbocycles. The fourth-order valence-electron chi connectivity index (χ4n) is 3.20. The predicted molar refractivity (Wildman–Crippen MR) is 109 cm³/mol. The van der Waals surface area contributed by atoms with Crippen LogP contribution in [0.15, 0.2) is 53.7 Å². The molecule has 0 bridgehead atoms. The van der Waals surface area contributed by atoms with Crippen LogP contribution in [0.1, 0.15) is 12.0 Å². The molecule has 1 aromatic carbocycles. The van der Waals surface area contributed by atoms with E-state index in [0.717, 1.165) is 17.1 Å². The molecule has 27 heavy (non-hydrogen) atoms. The number of carbonyl (C=O) groups is 1. The van der Waals surface area contributed by atoms with E-state index in [9.17, 15) is 4.79 Å². The van der Waals surface area contributed by atoms with Crippen LogP contribution in [-0.2, 0) is 11.3 Å². The molecule has 0 radical (unpaired) electrons. The summed E-state index contributed by atoms with van der Waals surface area (Å²) in [6, 6.07) is 13.7. The highest BCUT2D eigenvalue weighted by molar-refractivity contribution is 5.97. The molecule has 2 N–H and O–H groups in total. The third kappa shape index (κ3) is 4.55. The predicted octanol–water partition coefficient (Wildman–Crippen LogP) is 1.62. The minimum absolute atomic E-state index is 0.0196. The zero-order valence-corrected chi connectivity index (χ0v) is 16.0. The van der Waals surface area contributed by atoms with Gasteiger partial charge in [0.05, 0.1) is 6.04 Å². The lowest BCUT2D eigenvalue weighted by atomic mass is 10.2. The molecule has 1 aliphatic heterocycles. The average molecular weight is 366 g/mol. The molecule has 1 amide bonds. The summed E-state index contributed by atoms with van der Waals surface area (Å²) in [5.74, 6) is 1.72. The highest BCUT2D eigenvalue weighted by Crippen LogP contribution is 2.21. The maximum atomic E-state index is 12.4. The second kappa shape index (κ2) is 8.53. The van der Waals surface area contributed by atoms with E-state index < -0.39 is 0 Å². The molecule has 7 nitrogen and oxygen atoms in total.